The third kappa shape index (κ3) is 4.46. The van der Waals surface area contributed by atoms with Crippen molar-refractivity contribution in [3.05, 3.63) is 54.1 Å². The Morgan fingerprint density at radius 1 is 1.37 bits per heavy atom. The summed E-state index contributed by atoms with van der Waals surface area (Å²) in [5, 5.41) is 3.39. The third-order valence-electron chi connectivity index (χ3n) is 5.42. The van der Waals surface area contributed by atoms with Gasteiger partial charge in [0.2, 0.25) is 0 Å². The molecule has 5 nitrogen and oxygen atoms in total. The minimum absolute atomic E-state index is 0.0324. The van der Waals surface area contributed by atoms with E-state index in [1.165, 1.54) is 12.1 Å². The number of aromatic nitrogens is 2. The maximum absolute atomic E-state index is 13.5. The number of hydrogen-bond acceptors (Lipinski definition) is 2. The molecule has 1 aromatic heterocycles. The standard InChI is InChI=1S/C20H27F2N5/c1-14-6-8-26(12-19(14)27-9-7-24-13-27)20(23-3)25-11-15(2)16-4-5-17(21)18(22)10-16/h4-5,7,9-10,13-15,19H,6,8,11-12H2,1-3H3,(H,23,25). The van der Waals surface area contributed by atoms with Crippen molar-refractivity contribution in [2.75, 3.05) is 26.7 Å². The van der Waals surface area contributed by atoms with Crippen molar-refractivity contribution in [2.45, 2.75) is 32.2 Å². The molecule has 3 unspecified atom stereocenters. The molecule has 1 saturated heterocycles. The lowest BCUT2D eigenvalue weighted by Gasteiger charge is -2.39. The normalized spacial score (nSPS) is 22.0. The van der Waals surface area contributed by atoms with Gasteiger partial charge in [-0.3, -0.25) is 4.99 Å². The van der Waals surface area contributed by atoms with Gasteiger partial charge in [0.15, 0.2) is 17.6 Å². The van der Waals surface area contributed by atoms with Gasteiger partial charge in [0.05, 0.1) is 12.4 Å². The van der Waals surface area contributed by atoms with Crippen molar-refractivity contribution in [3.8, 4) is 0 Å². The van der Waals surface area contributed by atoms with Crippen molar-refractivity contribution < 1.29 is 8.78 Å². The fraction of sp³-hybridized carbons (Fsp3) is 0.500. The van der Waals surface area contributed by atoms with E-state index in [0.29, 0.717) is 18.5 Å². The second-order valence-electron chi connectivity index (χ2n) is 7.29. The van der Waals surface area contributed by atoms with Crippen LogP contribution in [0.5, 0.6) is 0 Å². The fourth-order valence-electron chi connectivity index (χ4n) is 3.61. The lowest BCUT2D eigenvalue weighted by molar-refractivity contribution is 0.189. The van der Waals surface area contributed by atoms with Crippen LogP contribution in [0.25, 0.3) is 0 Å². The second-order valence-corrected chi connectivity index (χ2v) is 7.29. The highest BCUT2D eigenvalue weighted by Gasteiger charge is 2.29. The van der Waals surface area contributed by atoms with E-state index in [1.54, 1.807) is 13.1 Å². The number of halogens is 2. The van der Waals surface area contributed by atoms with Crippen LogP contribution in [0.4, 0.5) is 8.78 Å². The lowest BCUT2D eigenvalue weighted by atomic mass is 9.93. The summed E-state index contributed by atoms with van der Waals surface area (Å²) in [6, 6.07) is 4.42. The molecule has 1 aromatic carbocycles. The predicted molar refractivity (Wildman–Crippen MR) is 103 cm³/mol. The van der Waals surface area contributed by atoms with E-state index in [9.17, 15) is 8.78 Å². The van der Waals surface area contributed by atoms with Gasteiger partial charge in [-0.15, -0.1) is 0 Å². The number of imidazole rings is 1. The van der Waals surface area contributed by atoms with E-state index in [0.717, 1.165) is 31.0 Å². The van der Waals surface area contributed by atoms with Crippen molar-refractivity contribution >= 4 is 5.96 Å². The third-order valence-corrected chi connectivity index (χ3v) is 5.42. The molecule has 3 rings (SSSR count). The molecule has 0 spiro atoms. The maximum Gasteiger partial charge on any atom is 0.193 e. The Bertz CT molecular complexity index is 775. The molecule has 0 aliphatic carbocycles. The molecule has 27 heavy (non-hydrogen) atoms. The molecule has 0 radical (unpaired) electrons. The van der Waals surface area contributed by atoms with Crippen LogP contribution in [0, 0.1) is 17.6 Å². The summed E-state index contributed by atoms with van der Waals surface area (Å²) in [5.74, 6) is -0.194. The Labute approximate surface area is 159 Å². The minimum atomic E-state index is -0.817. The van der Waals surface area contributed by atoms with E-state index in [1.807, 2.05) is 25.6 Å². The Kier molecular flexibility index (Phi) is 6.08. The quantitative estimate of drug-likeness (QED) is 0.658. The Morgan fingerprint density at radius 3 is 2.85 bits per heavy atom. The summed E-state index contributed by atoms with van der Waals surface area (Å²) >= 11 is 0. The average molecular weight is 375 g/mol. The zero-order valence-corrected chi connectivity index (χ0v) is 16.1. The second kappa shape index (κ2) is 8.50. The molecular weight excluding hydrogens is 348 g/mol. The molecule has 3 atom stereocenters. The highest BCUT2D eigenvalue weighted by molar-refractivity contribution is 5.80. The molecule has 146 valence electrons. The molecule has 1 aliphatic heterocycles. The zero-order chi connectivity index (χ0) is 19.4. The smallest absolute Gasteiger partial charge is 0.193 e. The van der Waals surface area contributed by atoms with Crippen molar-refractivity contribution in [1.29, 1.82) is 0 Å². The van der Waals surface area contributed by atoms with Gasteiger partial charge in [-0.25, -0.2) is 13.8 Å². The van der Waals surface area contributed by atoms with Crippen LogP contribution in [-0.2, 0) is 0 Å². The minimum Gasteiger partial charge on any atom is -0.356 e. The monoisotopic (exact) mass is 375 g/mol. The van der Waals surface area contributed by atoms with E-state index < -0.39 is 11.6 Å². The summed E-state index contributed by atoms with van der Waals surface area (Å²) in [4.78, 5) is 10.8. The Hall–Kier alpha value is -2.44. The number of benzene rings is 1. The van der Waals surface area contributed by atoms with Gasteiger partial charge in [-0.1, -0.05) is 19.9 Å². The zero-order valence-electron chi connectivity index (χ0n) is 16.1. The van der Waals surface area contributed by atoms with Gasteiger partial charge >= 0.3 is 0 Å². The van der Waals surface area contributed by atoms with Crippen molar-refractivity contribution in [2.24, 2.45) is 10.9 Å². The fourth-order valence-corrected chi connectivity index (χ4v) is 3.61. The van der Waals surface area contributed by atoms with E-state index in [4.69, 9.17) is 0 Å². The van der Waals surface area contributed by atoms with Gasteiger partial charge in [0.25, 0.3) is 0 Å². The molecule has 1 fully saturated rings. The number of likely N-dealkylation sites (tertiary alicyclic amines) is 1. The average Bonchev–Trinajstić information content (AvgIpc) is 3.20. The number of guanidine groups is 1. The molecule has 0 bridgehead atoms. The number of aliphatic imine (C=N–C) groups is 1. The van der Waals surface area contributed by atoms with Crippen LogP contribution in [0.2, 0.25) is 0 Å². The van der Waals surface area contributed by atoms with Crippen LogP contribution in [0.15, 0.2) is 41.9 Å². The Balaban J connectivity index is 1.62. The highest BCUT2D eigenvalue weighted by atomic mass is 19.2. The van der Waals surface area contributed by atoms with Gasteiger partial charge in [0, 0.05) is 39.1 Å². The summed E-state index contributed by atoms with van der Waals surface area (Å²) in [5.41, 5.74) is 0.764. The van der Waals surface area contributed by atoms with Gasteiger partial charge < -0.3 is 14.8 Å². The predicted octanol–water partition coefficient (Wildman–Crippen LogP) is 3.42. The number of hydrogen-bond donors (Lipinski definition) is 1. The van der Waals surface area contributed by atoms with Gasteiger partial charge in [-0.2, -0.15) is 0 Å². The molecular formula is C20H27F2N5. The highest BCUT2D eigenvalue weighted by Crippen LogP contribution is 2.27. The van der Waals surface area contributed by atoms with E-state index >= 15 is 0 Å². The molecule has 1 N–H and O–H groups in total. The Morgan fingerprint density at radius 2 is 2.19 bits per heavy atom. The van der Waals surface area contributed by atoms with E-state index in [-0.39, 0.29) is 5.92 Å². The van der Waals surface area contributed by atoms with Crippen molar-refractivity contribution in [1.82, 2.24) is 19.8 Å². The molecule has 1 aliphatic rings. The van der Waals surface area contributed by atoms with Crippen LogP contribution in [-0.4, -0.2) is 47.1 Å². The summed E-state index contributed by atoms with van der Waals surface area (Å²) in [6.45, 7) is 6.64. The molecule has 2 heterocycles. The van der Waals surface area contributed by atoms with Crippen molar-refractivity contribution in [3.63, 3.8) is 0 Å². The molecule has 0 saturated carbocycles. The molecule has 7 heteroatoms. The van der Waals surface area contributed by atoms with E-state index in [2.05, 4.69) is 31.7 Å². The molecule has 2 aromatic rings. The summed E-state index contributed by atoms with van der Waals surface area (Å²) in [6.07, 6.45) is 6.75. The van der Waals surface area contributed by atoms with Crippen LogP contribution in [0.1, 0.15) is 37.8 Å². The summed E-state index contributed by atoms with van der Waals surface area (Å²) in [7, 11) is 1.77. The molecule has 0 amide bonds. The van der Waals surface area contributed by atoms with Crippen LogP contribution >= 0.6 is 0 Å². The first-order valence-corrected chi connectivity index (χ1v) is 9.37. The first kappa shape index (κ1) is 19.3. The maximum atomic E-state index is 13.5. The summed E-state index contributed by atoms with van der Waals surface area (Å²) < 4.78 is 28.8. The van der Waals surface area contributed by atoms with Crippen LogP contribution in [0.3, 0.4) is 0 Å². The lowest BCUT2D eigenvalue weighted by Crippen LogP contribution is -2.49. The number of rotatable bonds is 4. The topological polar surface area (TPSA) is 45.5 Å². The number of nitrogens with one attached hydrogen (secondary N) is 1. The number of nitrogens with zero attached hydrogens (tertiary/aromatic N) is 4. The SMILES string of the molecule is CN=C(NCC(C)c1ccc(F)c(F)c1)N1CCC(C)C(n2ccnc2)C1. The van der Waals surface area contributed by atoms with Crippen LogP contribution < -0.4 is 5.32 Å². The first-order chi connectivity index (χ1) is 13.0. The van der Waals surface area contributed by atoms with Gasteiger partial charge in [0.1, 0.15) is 0 Å². The first-order valence-electron chi connectivity index (χ1n) is 9.37. The number of piperidine rings is 1. The largest absolute Gasteiger partial charge is 0.356 e. The van der Waals surface area contributed by atoms with Gasteiger partial charge in [-0.05, 0) is 36.0 Å².